The van der Waals surface area contributed by atoms with E-state index in [4.69, 9.17) is 17.3 Å². The van der Waals surface area contributed by atoms with Crippen molar-refractivity contribution in [3.8, 4) is 0 Å². The summed E-state index contributed by atoms with van der Waals surface area (Å²) < 4.78 is 0. The number of nitro groups is 1. The second-order valence-electron chi connectivity index (χ2n) is 5.52. The van der Waals surface area contributed by atoms with Crippen molar-refractivity contribution >= 4 is 35.6 Å². The first-order valence-corrected chi connectivity index (χ1v) is 7.30. The predicted molar refractivity (Wildman–Crippen MR) is 87.7 cm³/mol. The first-order chi connectivity index (χ1) is 9.91. The molecule has 1 aliphatic rings. The van der Waals surface area contributed by atoms with Crippen LogP contribution in [0.3, 0.4) is 0 Å². The number of halogens is 2. The number of nitrogens with one attached hydrogen (secondary N) is 1. The van der Waals surface area contributed by atoms with Crippen LogP contribution in [-0.2, 0) is 0 Å². The number of hydrogen-bond donors (Lipinski definition) is 2. The van der Waals surface area contributed by atoms with Gasteiger partial charge in [0.15, 0.2) is 0 Å². The van der Waals surface area contributed by atoms with E-state index in [0.717, 1.165) is 32.1 Å². The van der Waals surface area contributed by atoms with E-state index in [1.165, 1.54) is 18.2 Å². The lowest BCUT2D eigenvalue weighted by Crippen LogP contribution is -2.51. The van der Waals surface area contributed by atoms with Crippen LogP contribution in [0.25, 0.3) is 0 Å². The first kappa shape index (κ1) is 18.7. The SMILES string of the molecule is Cl.NC1(CNC(=O)c2cc(Cl)ccc2[N+](=O)[O-])CCCCC1. The van der Waals surface area contributed by atoms with Crippen molar-refractivity contribution in [3.05, 3.63) is 38.9 Å². The molecule has 22 heavy (non-hydrogen) atoms. The number of carbonyl (C=O) groups excluding carboxylic acids is 1. The Morgan fingerprint density at radius 2 is 2.00 bits per heavy atom. The number of benzene rings is 1. The van der Waals surface area contributed by atoms with E-state index in [1.54, 1.807) is 0 Å². The molecule has 1 aromatic rings. The molecule has 1 aromatic carbocycles. The van der Waals surface area contributed by atoms with Crippen molar-refractivity contribution < 1.29 is 9.72 Å². The molecule has 8 heteroatoms. The zero-order chi connectivity index (χ0) is 15.5. The van der Waals surface area contributed by atoms with Crippen LogP contribution in [0.15, 0.2) is 18.2 Å². The average molecular weight is 348 g/mol. The van der Waals surface area contributed by atoms with E-state index in [2.05, 4.69) is 5.32 Å². The minimum absolute atomic E-state index is 0. The Morgan fingerprint density at radius 1 is 1.36 bits per heavy atom. The lowest BCUT2D eigenvalue weighted by atomic mass is 9.82. The number of rotatable bonds is 4. The standard InChI is InChI=1S/C14H18ClN3O3.ClH/c15-10-4-5-12(18(20)21)11(8-10)13(19)17-9-14(16)6-2-1-3-7-14;/h4-5,8H,1-3,6-7,9,16H2,(H,17,19);1H. The molecule has 6 nitrogen and oxygen atoms in total. The second-order valence-corrected chi connectivity index (χ2v) is 5.96. The van der Waals surface area contributed by atoms with Crippen molar-refractivity contribution in [2.75, 3.05) is 6.54 Å². The van der Waals surface area contributed by atoms with Crippen LogP contribution in [0.5, 0.6) is 0 Å². The maximum absolute atomic E-state index is 12.2. The van der Waals surface area contributed by atoms with E-state index in [0.29, 0.717) is 6.54 Å². The van der Waals surface area contributed by atoms with Crippen LogP contribution < -0.4 is 11.1 Å². The summed E-state index contributed by atoms with van der Waals surface area (Å²) in [5, 5.41) is 14.0. The monoisotopic (exact) mass is 347 g/mol. The molecule has 0 bridgehead atoms. The van der Waals surface area contributed by atoms with Crippen LogP contribution in [0.2, 0.25) is 5.02 Å². The topological polar surface area (TPSA) is 98.3 Å². The maximum Gasteiger partial charge on any atom is 0.282 e. The number of hydrogen-bond acceptors (Lipinski definition) is 4. The average Bonchev–Trinajstić information content (AvgIpc) is 2.45. The number of nitrogens with zero attached hydrogens (tertiary/aromatic N) is 1. The molecule has 0 spiro atoms. The Bertz CT molecular complexity index is 560. The molecule has 0 saturated heterocycles. The predicted octanol–water partition coefficient (Wildman–Crippen LogP) is 3.06. The number of carbonyl (C=O) groups is 1. The van der Waals surface area contributed by atoms with Crippen LogP contribution >= 0.6 is 24.0 Å². The molecule has 0 unspecified atom stereocenters. The molecule has 2 rings (SSSR count). The van der Waals surface area contributed by atoms with E-state index >= 15 is 0 Å². The zero-order valence-corrected chi connectivity index (χ0v) is 13.6. The Morgan fingerprint density at radius 3 is 2.59 bits per heavy atom. The highest BCUT2D eigenvalue weighted by atomic mass is 35.5. The van der Waals surface area contributed by atoms with Crippen LogP contribution in [0.4, 0.5) is 5.69 Å². The molecule has 3 N–H and O–H groups in total. The summed E-state index contributed by atoms with van der Waals surface area (Å²) in [6.45, 7) is 0.315. The van der Waals surface area contributed by atoms with Gasteiger partial charge in [-0.05, 0) is 25.0 Å². The van der Waals surface area contributed by atoms with Gasteiger partial charge >= 0.3 is 0 Å². The van der Waals surface area contributed by atoms with E-state index in [1.807, 2.05) is 0 Å². The number of nitro benzene ring substituents is 1. The molecule has 1 amide bonds. The maximum atomic E-state index is 12.2. The molecule has 0 aromatic heterocycles. The van der Waals surface area contributed by atoms with Crippen LogP contribution in [-0.4, -0.2) is 22.9 Å². The molecule has 0 atom stereocenters. The Labute approximate surface area is 140 Å². The summed E-state index contributed by atoms with van der Waals surface area (Å²) in [5.74, 6) is -0.514. The van der Waals surface area contributed by atoms with Gasteiger partial charge in [-0.3, -0.25) is 14.9 Å². The molecule has 1 fully saturated rings. The second kappa shape index (κ2) is 7.76. The Hall–Kier alpha value is -1.37. The fraction of sp³-hybridized carbons (Fsp3) is 0.500. The Kier molecular flexibility index (Phi) is 6.59. The van der Waals surface area contributed by atoms with Gasteiger partial charge in [-0.2, -0.15) is 0 Å². The van der Waals surface area contributed by atoms with Crippen LogP contribution in [0, 0.1) is 10.1 Å². The van der Waals surface area contributed by atoms with Gasteiger partial charge in [-0.25, -0.2) is 0 Å². The summed E-state index contributed by atoms with van der Waals surface area (Å²) in [4.78, 5) is 22.5. The van der Waals surface area contributed by atoms with Gasteiger partial charge in [-0.15, -0.1) is 12.4 Å². The summed E-state index contributed by atoms with van der Waals surface area (Å²) in [5.41, 5.74) is 5.53. The van der Waals surface area contributed by atoms with Crippen molar-refractivity contribution in [3.63, 3.8) is 0 Å². The van der Waals surface area contributed by atoms with Crippen molar-refractivity contribution in [2.24, 2.45) is 5.73 Å². The molecule has 0 aliphatic heterocycles. The third-order valence-electron chi connectivity index (χ3n) is 3.85. The quantitative estimate of drug-likeness (QED) is 0.645. The van der Waals surface area contributed by atoms with Crippen molar-refractivity contribution in [1.82, 2.24) is 5.32 Å². The minimum Gasteiger partial charge on any atom is -0.350 e. The molecule has 1 saturated carbocycles. The molecule has 0 radical (unpaired) electrons. The minimum atomic E-state index is -0.593. The third kappa shape index (κ3) is 4.56. The van der Waals surface area contributed by atoms with E-state index < -0.39 is 16.4 Å². The van der Waals surface area contributed by atoms with Crippen molar-refractivity contribution in [2.45, 2.75) is 37.6 Å². The summed E-state index contributed by atoms with van der Waals surface area (Å²) in [7, 11) is 0. The Balaban J connectivity index is 0.00000242. The fourth-order valence-electron chi connectivity index (χ4n) is 2.63. The number of nitrogens with two attached hydrogens (primary N) is 1. The summed E-state index contributed by atoms with van der Waals surface area (Å²) >= 11 is 5.81. The van der Waals surface area contributed by atoms with Gasteiger partial charge in [0, 0.05) is 23.2 Å². The van der Waals surface area contributed by atoms with Gasteiger partial charge in [0.1, 0.15) is 5.56 Å². The van der Waals surface area contributed by atoms with E-state index in [-0.39, 0.29) is 28.7 Å². The largest absolute Gasteiger partial charge is 0.350 e. The summed E-state index contributed by atoms with van der Waals surface area (Å²) in [6.07, 6.45) is 4.95. The lowest BCUT2D eigenvalue weighted by molar-refractivity contribution is -0.385. The summed E-state index contributed by atoms with van der Waals surface area (Å²) in [6, 6.07) is 3.93. The highest BCUT2D eigenvalue weighted by Crippen LogP contribution is 2.26. The molecule has 0 heterocycles. The van der Waals surface area contributed by atoms with Gasteiger partial charge in [0.2, 0.25) is 0 Å². The first-order valence-electron chi connectivity index (χ1n) is 6.92. The highest BCUT2D eigenvalue weighted by molar-refractivity contribution is 6.31. The normalized spacial score (nSPS) is 16.5. The molecular formula is C14H19Cl2N3O3. The van der Waals surface area contributed by atoms with E-state index in [9.17, 15) is 14.9 Å². The molecular weight excluding hydrogens is 329 g/mol. The highest BCUT2D eigenvalue weighted by Gasteiger charge is 2.29. The van der Waals surface area contributed by atoms with Gasteiger partial charge < -0.3 is 11.1 Å². The lowest BCUT2D eigenvalue weighted by Gasteiger charge is -2.33. The van der Waals surface area contributed by atoms with Gasteiger partial charge in [0.05, 0.1) is 4.92 Å². The van der Waals surface area contributed by atoms with Gasteiger partial charge in [0.25, 0.3) is 11.6 Å². The third-order valence-corrected chi connectivity index (χ3v) is 4.09. The zero-order valence-electron chi connectivity index (χ0n) is 12.0. The molecule has 122 valence electrons. The smallest absolute Gasteiger partial charge is 0.282 e. The van der Waals surface area contributed by atoms with Gasteiger partial charge in [-0.1, -0.05) is 30.9 Å². The molecule has 1 aliphatic carbocycles. The fourth-order valence-corrected chi connectivity index (χ4v) is 2.81. The van der Waals surface area contributed by atoms with Crippen LogP contribution in [0.1, 0.15) is 42.5 Å². The van der Waals surface area contributed by atoms with Crippen molar-refractivity contribution in [1.29, 1.82) is 0 Å². The number of amides is 1.